The number of nitrogens with zero attached hydrogens (tertiary/aromatic N) is 1. The fourth-order valence-electron chi connectivity index (χ4n) is 3.61. The largest absolute Gasteiger partial charge is 0.385 e. The van der Waals surface area contributed by atoms with Gasteiger partial charge in [-0.25, -0.2) is 9.60 Å². The van der Waals surface area contributed by atoms with E-state index >= 15 is 0 Å². The molecule has 0 amide bonds. The maximum Gasteiger partial charge on any atom is 0.163 e. The van der Waals surface area contributed by atoms with Gasteiger partial charge in [-0.15, -0.1) is 0 Å². The van der Waals surface area contributed by atoms with Crippen LogP contribution in [0.4, 0.5) is 4.39 Å². The summed E-state index contributed by atoms with van der Waals surface area (Å²) < 4.78 is 12.8. The molecule has 0 atom stereocenters. The highest BCUT2D eigenvalue weighted by Crippen LogP contribution is 2.35. The first kappa shape index (κ1) is 20.0. The van der Waals surface area contributed by atoms with Crippen molar-refractivity contribution in [3.63, 3.8) is 0 Å². The number of quaternary nitrogens is 1. The van der Waals surface area contributed by atoms with Crippen molar-refractivity contribution in [1.29, 1.82) is 0 Å². The van der Waals surface area contributed by atoms with Crippen molar-refractivity contribution < 1.29 is 24.1 Å². The molecule has 1 fully saturated rings. The van der Waals surface area contributed by atoms with Gasteiger partial charge < -0.3 is 5.11 Å². The summed E-state index contributed by atoms with van der Waals surface area (Å²) in [6, 6.07) is 12.7. The molecule has 2 aromatic rings. The molecule has 1 aliphatic heterocycles. The zero-order chi connectivity index (χ0) is 19.5. The van der Waals surface area contributed by atoms with E-state index in [2.05, 4.69) is 0 Å². The predicted molar refractivity (Wildman–Crippen MR) is 101 cm³/mol. The lowest BCUT2D eigenvalue weighted by Crippen LogP contribution is -2.54. The third-order valence-electron chi connectivity index (χ3n) is 5.41. The Kier molecular flexibility index (Phi) is 5.96. The van der Waals surface area contributed by atoms with E-state index in [0.29, 0.717) is 55.9 Å². The normalized spacial score (nSPS) is 25.3. The second kappa shape index (κ2) is 8.07. The van der Waals surface area contributed by atoms with Crippen molar-refractivity contribution in [1.82, 2.24) is 0 Å². The van der Waals surface area contributed by atoms with Crippen LogP contribution in [0.2, 0.25) is 5.02 Å². The molecule has 0 aromatic heterocycles. The first-order valence-corrected chi connectivity index (χ1v) is 9.54. The van der Waals surface area contributed by atoms with Gasteiger partial charge >= 0.3 is 0 Å². The number of halogens is 2. The van der Waals surface area contributed by atoms with Gasteiger partial charge in [0.25, 0.3) is 0 Å². The molecular formula is C21H24ClFNO3+. The number of carbonyl (C=O) groups is 1. The van der Waals surface area contributed by atoms with Gasteiger partial charge in [0.15, 0.2) is 5.78 Å². The number of benzene rings is 2. The molecule has 27 heavy (non-hydrogen) atoms. The summed E-state index contributed by atoms with van der Waals surface area (Å²) in [5.74, 6) is -0.427. The summed E-state index contributed by atoms with van der Waals surface area (Å²) in [6.45, 7) is 1.29. The lowest BCUT2D eigenvalue weighted by molar-refractivity contribution is -1.11. The average molecular weight is 393 g/mol. The summed E-state index contributed by atoms with van der Waals surface area (Å²) in [6.07, 6.45) is 1.72. The maximum atomic E-state index is 12.9. The Labute approximate surface area is 163 Å². The van der Waals surface area contributed by atoms with Gasteiger partial charge in [0, 0.05) is 36.3 Å². The van der Waals surface area contributed by atoms with Crippen LogP contribution in [-0.2, 0) is 5.60 Å². The number of piperidine rings is 1. The van der Waals surface area contributed by atoms with Crippen LogP contribution < -0.4 is 0 Å². The summed E-state index contributed by atoms with van der Waals surface area (Å²) in [4.78, 5) is 12.2. The minimum absolute atomic E-state index is 0.0590. The first-order chi connectivity index (χ1) is 12.8. The quantitative estimate of drug-likeness (QED) is 0.568. The van der Waals surface area contributed by atoms with Crippen LogP contribution in [-0.4, -0.2) is 40.4 Å². The zero-order valence-corrected chi connectivity index (χ0v) is 15.8. The molecule has 1 saturated heterocycles. The molecule has 2 N–H and O–H groups in total. The third kappa shape index (κ3) is 4.93. The fraction of sp³-hybridized carbons (Fsp3) is 0.381. The van der Waals surface area contributed by atoms with Crippen molar-refractivity contribution >= 4 is 17.4 Å². The van der Waals surface area contributed by atoms with Crippen molar-refractivity contribution in [3.8, 4) is 0 Å². The standard InChI is InChI=1S/C21H24ClFNO3/c22-18-7-5-17(6-8-18)21(26)11-14-24(27,15-12-21)13-1-2-20(25)16-3-9-19(23)10-4-16/h3-10,26-27H,1-2,11-15H2/q+1. The van der Waals surface area contributed by atoms with E-state index in [1.54, 1.807) is 12.1 Å². The van der Waals surface area contributed by atoms with Crippen LogP contribution in [0.1, 0.15) is 41.6 Å². The lowest BCUT2D eigenvalue weighted by atomic mass is 9.84. The summed E-state index contributed by atoms with van der Waals surface area (Å²) >= 11 is 5.91. The number of hydrogen-bond donors (Lipinski definition) is 2. The number of hydroxylamine groups is 3. The van der Waals surface area contributed by atoms with Crippen molar-refractivity contribution in [2.45, 2.75) is 31.3 Å². The summed E-state index contributed by atoms with van der Waals surface area (Å²) in [5.41, 5.74) is 0.334. The second-order valence-corrected chi connectivity index (χ2v) is 7.77. The molecule has 0 radical (unpaired) electrons. The number of hydrogen-bond acceptors (Lipinski definition) is 3. The highest BCUT2D eigenvalue weighted by Gasteiger charge is 2.42. The van der Waals surface area contributed by atoms with Gasteiger partial charge in [0.1, 0.15) is 31.1 Å². The molecule has 1 aliphatic rings. The highest BCUT2D eigenvalue weighted by molar-refractivity contribution is 6.30. The van der Waals surface area contributed by atoms with Crippen LogP contribution in [0, 0.1) is 5.82 Å². The molecule has 0 bridgehead atoms. The first-order valence-electron chi connectivity index (χ1n) is 9.16. The van der Waals surface area contributed by atoms with Crippen LogP contribution in [0.3, 0.4) is 0 Å². The summed E-state index contributed by atoms with van der Waals surface area (Å²) in [7, 11) is 0. The van der Waals surface area contributed by atoms with Gasteiger partial charge in [-0.3, -0.25) is 4.79 Å². The molecule has 144 valence electrons. The molecule has 0 unspecified atom stereocenters. The van der Waals surface area contributed by atoms with E-state index in [-0.39, 0.29) is 16.2 Å². The van der Waals surface area contributed by atoms with Crippen LogP contribution >= 0.6 is 11.6 Å². The fourth-order valence-corrected chi connectivity index (χ4v) is 3.74. The Bertz CT molecular complexity index is 784. The predicted octanol–water partition coefficient (Wildman–Crippen LogP) is 4.33. The Morgan fingerprint density at radius 3 is 2.26 bits per heavy atom. The lowest BCUT2D eigenvalue weighted by Gasteiger charge is -2.41. The average Bonchev–Trinajstić information content (AvgIpc) is 2.65. The Balaban J connectivity index is 1.51. The monoisotopic (exact) mass is 392 g/mol. The molecule has 0 aliphatic carbocycles. The zero-order valence-electron chi connectivity index (χ0n) is 15.1. The van der Waals surface area contributed by atoms with Gasteiger partial charge in [-0.2, -0.15) is 4.65 Å². The number of rotatable bonds is 6. The van der Waals surface area contributed by atoms with Gasteiger partial charge in [-0.05, 0) is 42.0 Å². The third-order valence-corrected chi connectivity index (χ3v) is 5.66. The minimum Gasteiger partial charge on any atom is -0.385 e. The van der Waals surface area contributed by atoms with Crippen molar-refractivity contribution in [2.24, 2.45) is 0 Å². The van der Waals surface area contributed by atoms with Crippen LogP contribution in [0.5, 0.6) is 0 Å². The molecular weight excluding hydrogens is 369 g/mol. The molecule has 0 spiro atoms. The van der Waals surface area contributed by atoms with E-state index in [0.717, 1.165) is 5.56 Å². The Morgan fingerprint density at radius 1 is 1.07 bits per heavy atom. The number of Topliss-reactive ketones (excluding diaryl/α,β-unsaturated/α-hetero) is 1. The van der Waals surface area contributed by atoms with Crippen LogP contribution in [0.15, 0.2) is 48.5 Å². The Morgan fingerprint density at radius 2 is 1.67 bits per heavy atom. The van der Waals surface area contributed by atoms with E-state index in [1.165, 1.54) is 24.3 Å². The van der Waals surface area contributed by atoms with E-state index < -0.39 is 5.60 Å². The summed E-state index contributed by atoms with van der Waals surface area (Å²) in [5, 5.41) is 22.3. The number of aliphatic hydroxyl groups is 1. The van der Waals surface area contributed by atoms with Gasteiger partial charge in [0.05, 0.1) is 0 Å². The molecule has 0 saturated carbocycles. The minimum atomic E-state index is -0.959. The molecule has 2 aromatic carbocycles. The topological polar surface area (TPSA) is 57.5 Å². The molecule has 4 nitrogen and oxygen atoms in total. The van der Waals surface area contributed by atoms with Gasteiger partial charge in [-0.1, -0.05) is 23.7 Å². The number of carbonyl (C=O) groups excluding carboxylic acids is 1. The van der Waals surface area contributed by atoms with Crippen molar-refractivity contribution in [3.05, 3.63) is 70.5 Å². The van der Waals surface area contributed by atoms with E-state index in [9.17, 15) is 19.5 Å². The molecule has 1 heterocycles. The van der Waals surface area contributed by atoms with E-state index in [4.69, 9.17) is 11.6 Å². The second-order valence-electron chi connectivity index (χ2n) is 7.34. The smallest absolute Gasteiger partial charge is 0.163 e. The number of likely N-dealkylation sites (tertiary alicyclic amines) is 1. The maximum absolute atomic E-state index is 12.9. The van der Waals surface area contributed by atoms with Crippen molar-refractivity contribution in [2.75, 3.05) is 19.6 Å². The molecule has 3 rings (SSSR count). The number of ketones is 1. The van der Waals surface area contributed by atoms with Gasteiger partial charge in [0.2, 0.25) is 0 Å². The Hall–Kier alpha value is -1.79. The van der Waals surface area contributed by atoms with Crippen LogP contribution in [0.25, 0.3) is 0 Å². The SMILES string of the molecule is O=C(CCC[N+]1(O)CCC(O)(c2ccc(Cl)cc2)CC1)c1ccc(F)cc1. The molecule has 6 heteroatoms. The highest BCUT2D eigenvalue weighted by atomic mass is 35.5. The van der Waals surface area contributed by atoms with E-state index in [1.807, 2.05) is 12.1 Å².